The number of aromatic nitrogens is 4. The average Bonchev–Trinajstić information content (AvgIpc) is 3.30. The summed E-state index contributed by atoms with van der Waals surface area (Å²) in [7, 11) is 0. The fourth-order valence-corrected chi connectivity index (χ4v) is 3.18. The van der Waals surface area contributed by atoms with Crippen molar-refractivity contribution in [1.29, 1.82) is 0 Å². The zero-order chi connectivity index (χ0) is 20.5. The van der Waals surface area contributed by atoms with Crippen LogP contribution in [0.5, 0.6) is 0 Å². The van der Waals surface area contributed by atoms with Crippen LogP contribution in [0.2, 0.25) is 0 Å². The van der Waals surface area contributed by atoms with E-state index in [2.05, 4.69) is 20.4 Å². The zero-order valence-corrected chi connectivity index (χ0v) is 17.7. The summed E-state index contributed by atoms with van der Waals surface area (Å²) in [5.41, 5.74) is 0.275. The molecular formula is C19H22ClN5O2S. The summed E-state index contributed by atoms with van der Waals surface area (Å²) in [6.45, 7) is 7.43. The van der Waals surface area contributed by atoms with E-state index in [1.165, 1.54) is 22.1 Å². The number of nitrogens with one attached hydrogen (secondary N) is 2. The molecule has 3 aromatic heterocycles. The summed E-state index contributed by atoms with van der Waals surface area (Å²) in [5.74, 6) is 0.654. The number of aromatic amines is 1. The Labute approximate surface area is 171 Å². The van der Waals surface area contributed by atoms with Crippen molar-refractivity contribution in [1.82, 2.24) is 19.7 Å². The number of carbonyl (C=O) groups is 1. The van der Waals surface area contributed by atoms with Gasteiger partial charge in [-0.25, -0.2) is 4.98 Å². The van der Waals surface area contributed by atoms with Crippen LogP contribution in [0.15, 0.2) is 34.4 Å². The van der Waals surface area contributed by atoms with Gasteiger partial charge in [-0.3, -0.25) is 14.6 Å². The second kappa shape index (κ2) is 7.89. The molecule has 7 nitrogen and oxygen atoms in total. The number of halogens is 1. The molecule has 0 saturated carbocycles. The smallest absolute Gasteiger partial charge is 0.252 e. The number of alkyl halides is 1. The van der Waals surface area contributed by atoms with Crippen molar-refractivity contribution in [3.05, 3.63) is 45.7 Å². The van der Waals surface area contributed by atoms with Crippen molar-refractivity contribution in [3.63, 3.8) is 0 Å². The maximum atomic E-state index is 12.7. The number of H-pyrrole nitrogens is 1. The molecule has 0 radical (unpaired) electrons. The molecule has 3 aromatic rings. The van der Waals surface area contributed by atoms with Gasteiger partial charge in [0.05, 0.1) is 16.0 Å². The first kappa shape index (κ1) is 20.3. The number of carbonyl (C=O) groups excluding carboxylic acids is 1. The van der Waals surface area contributed by atoms with Gasteiger partial charge < -0.3 is 5.32 Å². The Kier molecular flexibility index (Phi) is 5.71. The van der Waals surface area contributed by atoms with Gasteiger partial charge in [-0.05, 0) is 31.2 Å². The molecule has 1 amide bonds. The number of nitrogens with zero attached hydrogens (tertiary/aromatic N) is 3. The highest BCUT2D eigenvalue weighted by Gasteiger charge is 2.28. The van der Waals surface area contributed by atoms with Crippen molar-refractivity contribution in [2.75, 3.05) is 11.2 Å². The molecule has 0 saturated heterocycles. The molecule has 3 heterocycles. The molecular weight excluding hydrogens is 398 g/mol. The van der Waals surface area contributed by atoms with Crippen molar-refractivity contribution >= 4 is 34.7 Å². The highest BCUT2D eigenvalue weighted by molar-refractivity contribution is 7.13. The predicted octanol–water partition coefficient (Wildman–Crippen LogP) is 4.01. The lowest BCUT2D eigenvalue weighted by Gasteiger charge is -2.20. The highest BCUT2D eigenvalue weighted by Crippen LogP contribution is 2.28. The number of anilines is 1. The van der Waals surface area contributed by atoms with Crippen molar-refractivity contribution in [2.45, 2.75) is 33.6 Å². The van der Waals surface area contributed by atoms with Gasteiger partial charge in [-0.15, -0.1) is 22.9 Å². The Morgan fingerprint density at radius 3 is 2.75 bits per heavy atom. The summed E-state index contributed by atoms with van der Waals surface area (Å²) in [6, 6.07) is 7.09. The molecule has 0 aliphatic carbocycles. The molecule has 2 N–H and O–H groups in total. The third-order valence-electron chi connectivity index (χ3n) is 4.21. The van der Waals surface area contributed by atoms with Gasteiger partial charge in [-0.2, -0.15) is 9.78 Å². The SMILES string of the molecule is CC(C)c1cc(=O)[nH]c(-n2nc(-c3cccs3)cc2NC(=O)C(C)(C)CCl)n1. The molecule has 0 bridgehead atoms. The molecule has 148 valence electrons. The van der Waals surface area contributed by atoms with Crippen LogP contribution < -0.4 is 10.9 Å². The molecule has 9 heteroatoms. The molecule has 0 spiro atoms. The number of thiophene rings is 1. The normalized spacial score (nSPS) is 11.8. The Balaban J connectivity index is 2.11. The van der Waals surface area contributed by atoms with E-state index in [9.17, 15) is 9.59 Å². The van der Waals surface area contributed by atoms with E-state index in [0.29, 0.717) is 17.2 Å². The van der Waals surface area contributed by atoms with Gasteiger partial charge >= 0.3 is 0 Å². The van der Waals surface area contributed by atoms with E-state index >= 15 is 0 Å². The first-order valence-electron chi connectivity index (χ1n) is 8.84. The molecule has 0 aliphatic rings. The van der Waals surface area contributed by atoms with Crippen LogP contribution in [0, 0.1) is 5.41 Å². The predicted molar refractivity (Wildman–Crippen MR) is 113 cm³/mol. The topological polar surface area (TPSA) is 92.7 Å². The van der Waals surface area contributed by atoms with Gasteiger partial charge in [0.2, 0.25) is 11.9 Å². The second-order valence-corrected chi connectivity index (χ2v) is 8.64. The van der Waals surface area contributed by atoms with Crippen molar-refractivity contribution in [3.8, 4) is 16.5 Å². The quantitative estimate of drug-likeness (QED) is 0.590. The molecule has 0 fully saturated rings. The fraction of sp³-hybridized carbons (Fsp3) is 0.368. The van der Waals surface area contributed by atoms with Crippen molar-refractivity contribution < 1.29 is 4.79 Å². The number of hydrogen-bond donors (Lipinski definition) is 2. The average molecular weight is 420 g/mol. The van der Waals surface area contributed by atoms with Crippen LogP contribution in [-0.4, -0.2) is 31.5 Å². The maximum Gasteiger partial charge on any atom is 0.252 e. The third kappa shape index (κ3) is 4.18. The van der Waals surface area contributed by atoms with Gasteiger partial charge in [0, 0.05) is 18.0 Å². The molecule has 0 aliphatic heterocycles. The molecule has 0 atom stereocenters. The number of rotatable bonds is 6. The third-order valence-corrected chi connectivity index (χ3v) is 5.78. The second-order valence-electron chi connectivity index (χ2n) is 7.42. The van der Waals surface area contributed by atoms with Crippen LogP contribution >= 0.6 is 22.9 Å². The summed E-state index contributed by atoms with van der Waals surface area (Å²) in [6.07, 6.45) is 0. The highest BCUT2D eigenvalue weighted by atomic mass is 35.5. The lowest BCUT2D eigenvalue weighted by Crippen LogP contribution is -2.33. The largest absolute Gasteiger partial charge is 0.310 e. The maximum absolute atomic E-state index is 12.7. The van der Waals surface area contributed by atoms with E-state index < -0.39 is 5.41 Å². The molecule has 3 rings (SSSR count). The lowest BCUT2D eigenvalue weighted by molar-refractivity contribution is -0.123. The number of hydrogen-bond acceptors (Lipinski definition) is 5. The Morgan fingerprint density at radius 1 is 1.39 bits per heavy atom. The van der Waals surface area contributed by atoms with Gasteiger partial charge in [0.1, 0.15) is 11.5 Å². The lowest BCUT2D eigenvalue weighted by atomic mass is 9.95. The van der Waals surface area contributed by atoms with Crippen LogP contribution in [0.4, 0.5) is 5.82 Å². The van der Waals surface area contributed by atoms with E-state index in [4.69, 9.17) is 11.6 Å². The molecule has 28 heavy (non-hydrogen) atoms. The summed E-state index contributed by atoms with van der Waals surface area (Å²) >= 11 is 7.46. The first-order valence-corrected chi connectivity index (χ1v) is 10.3. The van der Waals surface area contributed by atoms with Crippen LogP contribution in [0.3, 0.4) is 0 Å². The van der Waals surface area contributed by atoms with Crippen molar-refractivity contribution in [2.24, 2.45) is 5.41 Å². The van der Waals surface area contributed by atoms with Gasteiger partial charge in [0.25, 0.3) is 5.56 Å². The molecule has 0 aromatic carbocycles. The van der Waals surface area contributed by atoms with Gasteiger partial charge in [-0.1, -0.05) is 19.9 Å². The van der Waals surface area contributed by atoms with E-state index in [1.54, 1.807) is 19.9 Å². The zero-order valence-electron chi connectivity index (χ0n) is 16.1. The van der Waals surface area contributed by atoms with Crippen LogP contribution in [-0.2, 0) is 4.79 Å². The van der Waals surface area contributed by atoms with Crippen LogP contribution in [0.1, 0.15) is 39.3 Å². The monoisotopic (exact) mass is 419 g/mol. The minimum atomic E-state index is -0.764. The summed E-state index contributed by atoms with van der Waals surface area (Å²) in [4.78, 5) is 32.9. The van der Waals surface area contributed by atoms with E-state index in [-0.39, 0.29) is 29.2 Å². The van der Waals surface area contributed by atoms with E-state index in [0.717, 1.165) is 4.88 Å². The standard InChI is InChI=1S/C19H22ClN5O2S/c1-11(2)12-9-16(26)23-18(21-12)25-15(22-17(27)19(3,4)10-20)8-13(24-25)14-6-5-7-28-14/h5-9,11H,10H2,1-4H3,(H,22,27)(H,21,23,26). The van der Waals surface area contributed by atoms with E-state index in [1.807, 2.05) is 31.4 Å². The summed E-state index contributed by atoms with van der Waals surface area (Å²) < 4.78 is 1.45. The number of amides is 1. The summed E-state index contributed by atoms with van der Waals surface area (Å²) in [5, 5.41) is 9.39. The minimum absolute atomic E-state index is 0.0709. The van der Waals surface area contributed by atoms with Crippen LogP contribution in [0.25, 0.3) is 16.5 Å². The minimum Gasteiger partial charge on any atom is -0.310 e. The Hall–Kier alpha value is -2.45. The molecule has 0 unspecified atom stereocenters. The fourth-order valence-electron chi connectivity index (χ4n) is 2.38. The Bertz CT molecular complexity index is 1040. The first-order chi connectivity index (χ1) is 13.2. The Morgan fingerprint density at radius 2 is 2.14 bits per heavy atom. The van der Waals surface area contributed by atoms with Gasteiger partial charge in [0.15, 0.2) is 0 Å².